The minimum Gasteiger partial charge on any atom is -0.389 e. The lowest BCUT2D eigenvalue weighted by atomic mass is 9.80. The van der Waals surface area contributed by atoms with Gasteiger partial charge in [0.05, 0.1) is 5.02 Å². The van der Waals surface area contributed by atoms with Gasteiger partial charge in [0.15, 0.2) is 0 Å². The van der Waals surface area contributed by atoms with E-state index in [-0.39, 0.29) is 0 Å². The Morgan fingerprint density at radius 1 is 1.42 bits per heavy atom. The molecule has 2 nitrogen and oxygen atoms in total. The van der Waals surface area contributed by atoms with Crippen LogP contribution >= 0.6 is 23.8 Å². The van der Waals surface area contributed by atoms with Crippen LogP contribution < -0.4 is 11.1 Å². The highest BCUT2D eigenvalue weighted by Crippen LogP contribution is 2.30. The zero-order valence-corrected chi connectivity index (χ0v) is 12.9. The molecule has 0 aliphatic heterocycles. The molecule has 2 atom stereocenters. The Morgan fingerprint density at radius 2 is 2.16 bits per heavy atom. The van der Waals surface area contributed by atoms with Gasteiger partial charge in [-0.2, -0.15) is 0 Å². The Bertz CT molecular complexity index is 461. The van der Waals surface area contributed by atoms with Crippen molar-refractivity contribution >= 4 is 34.5 Å². The number of nitrogens with one attached hydrogen (secondary N) is 1. The van der Waals surface area contributed by atoms with Crippen LogP contribution in [0.5, 0.6) is 0 Å². The van der Waals surface area contributed by atoms with Crippen molar-refractivity contribution in [3.8, 4) is 0 Å². The molecule has 1 fully saturated rings. The van der Waals surface area contributed by atoms with E-state index in [4.69, 9.17) is 29.6 Å². The van der Waals surface area contributed by atoms with Gasteiger partial charge in [-0.1, -0.05) is 50.0 Å². The van der Waals surface area contributed by atoms with Crippen molar-refractivity contribution in [1.82, 2.24) is 0 Å². The van der Waals surface area contributed by atoms with Gasteiger partial charge in [-0.25, -0.2) is 0 Å². The van der Waals surface area contributed by atoms with Gasteiger partial charge in [0.25, 0.3) is 0 Å². The Balaban J connectivity index is 1.96. The minimum atomic E-state index is 0.345. The maximum Gasteiger partial charge on any atom is 0.105 e. The number of nitrogens with two attached hydrogens (primary N) is 1. The molecule has 19 heavy (non-hydrogen) atoms. The van der Waals surface area contributed by atoms with Gasteiger partial charge in [0.2, 0.25) is 0 Å². The average Bonchev–Trinajstić information content (AvgIpc) is 2.37. The topological polar surface area (TPSA) is 38.0 Å². The van der Waals surface area contributed by atoms with E-state index in [0.717, 1.165) is 29.6 Å². The van der Waals surface area contributed by atoms with E-state index in [1.54, 1.807) is 0 Å². The summed E-state index contributed by atoms with van der Waals surface area (Å²) in [6.45, 7) is 3.37. The molecule has 1 aromatic rings. The molecule has 0 radical (unpaired) electrons. The second-order valence-corrected chi connectivity index (χ2v) is 6.31. The zero-order valence-electron chi connectivity index (χ0n) is 11.3. The largest absolute Gasteiger partial charge is 0.389 e. The number of rotatable bonds is 4. The summed E-state index contributed by atoms with van der Waals surface area (Å²) in [5.74, 6) is 1.58. The molecule has 2 unspecified atom stereocenters. The summed E-state index contributed by atoms with van der Waals surface area (Å²) in [4.78, 5) is 0.345. The summed E-state index contributed by atoms with van der Waals surface area (Å²) in [6.07, 6.45) is 5.42. The molecule has 3 N–H and O–H groups in total. The fourth-order valence-corrected chi connectivity index (χ4v) is 3.29. The van der Waals surface area contributed by atoms with Crippen molar-refractivity contribution in [3.63, 3.8) is 0 Å². The van der Waals surface area contributed by atoms with Crippen LogP contribution in [0.15, 0.2) is 18.2 Å². The molecule has 104 valence electrons. The molecule has 0 saturated heterocycles. The van der Waals surface area contributed by atoms with Crippen LogP contribution in [0.3, 0.4) is 0 Å². The van der Waals surface area contributed by atoms with Gasteiger partial charge < -0.3 is 11.1 Å². The molecular weight excluding hydrogens is 276 g/mol. The van der Waals surface area contributed by atoms with E-state index >= 15 is 0 Å². The maximum atomic E-state index is 6.17. The zero-order chi connectivity index (χ0) is 13.8. The Morgan fingerprint density at radius 3 is 2.79 bits per heavy atom. The molecule has 0 heterocycles. The van der Waals surface area contributed by atoms with Crippen LogP contribution in [0.4, 0.5) is 5.69 Å². The summed E-state index contributed by atoms with van der Waals surface area (Å²) < 4.78 is 0. The average molecular weight is 297 g/mol. The molecule has 1 aromatic carbocycles. The van der Waals surface area contributed by atoms with E-state index in [0.29, 0.717) is 10.0 Å². The molecule has 1 saturated carbocycles. The second kappa shape index (κ2) is 6.58. The smallest absolute Gasteiger partial charge is 0.105 e. The van der Waals surface area contributed by atoms with Crippen molar-refractivity contribution in [2.45, 2.75) is 32.6 Å². The fourth-order valence-electron chi connectivity index (χ4n) is 2.77. The van der Waals surface area contributed by atoms with Crippen LogP contribution in [-0.4, -0.2) is 11.5 Å². The van der Waals surface area contributed by atoms with Gasteiger partial charge in [0.1, 0.15) is 4.99 Å². The van der Waals surface area contributed by atoms with Crippen LogP contribution in [0.1, 0.15) is 38.2 Å². The highest BCUT2D eigenvalue weighted by atomic mass is 35.5. The highest BCUT2D eigenvalue weighted by Gasteiger charge is 2.20. The first-order valence-corrected chi connectivity index (χ1v) is 7.70. The van der Waals surface area contributed by atoms with Crippen LogP contribution in [0.25, 0.3) is 0 Å². The predicted molar refractivity (Wildman–Crippen MR) is 87.0 cm³/mol. The Hall–Kier alpha value is -0.800. The number of halogens is 1. The van der Waals surface area contributed by atoms with E-state index < -0.39 is 0 Å². The molecule has 4 heteroatoms. The predicted octanol–water partition coefficient (Wildman–Crippen LogP) is 4.21. The van der Waals surface area contributed by atoms with Gasteiger partial charge in [0, 0.05) is 17.8 Å². The summed E-state index contributed by atoms with van der Waals surface area (Å²) in [5.41, 5.74) is 7.39. The number of benzene rings is 1. The monoisotopic (exact) mass is 296 g/mol. The lowest BCUT2D eigenvalue weighted by Gasteiger charge is -2.29. The standard InChI is InChI=1S/C15H21ClN2S/c1-10-4-2-3-5-11(10)9-18-12-6-7-13(15(17)19)14(16)8-12/h6-8,10-11,18H,2-5,9H2,1H3,(H2,17,19). The number of hydrogen-bond donors (Lipinski definition) is 2. The first-order chi connectivity index (χ1) is 9.08. The van der Waals surface area contributed by atoms with Crippen molar-refractivity contribution < 1.29 is 0 Å². The van der Waals surface area contributed by atoms with Gasteiger partial charge >= 0.3 is 0 Å². The normalized spacial score (nSPS) is 23.1. The van der Waals surface area contributed by atoms with Crippen LogP contribution in [-0.2, 0) is 0 Å². The quantitative estimate of drug-likeness (QED) is 0.817. The third kappa shape index (κ3) is 3.83. The van der Waals surface area contributed by atoms with Crippen molar-refractivity contribution in [2.24, 2.45) is 17.6 Å². The van der Waals surface area contributed by atoms with E-state index in [9.17, 15) is 0 Å². The van der Waals surface area contributed by atoms with E-state index in [1.165, 1.54) is 25.7 Å². The highest BCUT2D eigenvalue weighted by molar-refractivity contribution is 7.80. The Labute approximate surface area is 125 Å². The van der Waals surface area contributed by atoms with Crippen molar-refractivity contribution in [2.75, 3.05) is 11.9 Å². The molecule has 0 bridgehead atoms. The SMILES string of the molecule is CC1CCCCC1CNc1ccc(C(N)=S)c(Cl)c1. The van der Waals surface area contributed by atoms with Crippen LogP contribution in [0, 0.1) is 11.8 Å². The lowest BCUT2D eigenvalue weighted by molar-refractivity contribution is 0.268. The number of hydrogen-bond acceptors (Lipinski definition) is 2. The molecule has 0 spiro atoms. The lowest BCUT2D eigenvalue weighted by Crippen LogP contribution is -2.24. The summed E-state index contributed by atoms with van der Waals surface area (Å²) in [5, 5.41) is 4.10. The van der Waals surface area contributed by atoms with E-state index in [1.807, 2.05) is 18.2 Å². The summed E-state index contributed by atoms with van der Waals surface area (Å²) in [7, 11) is 0. The maximum absolute atomic E-state index is 6.17. The fraction of sp³-hybridized carbons (Fsp3) is 0.533. The minimum absolute atomic E-state index is 0.345. The van der Waals surface area contributed by atoms with Crippen molar-refractivity contribution in [1.29, 1.82) is 0 Å². The third-order valence-corrected chi connectivity index (χ3v) is 4.62. The van der Waals surface area contributed by atoms with Gasteiger partial charge in [-0.05, 0) is 36.5 Å². The van der Waals surface area contributed by atoms with Crippen molar-refractivity contribution in [3.05, 3.63) is 28.8 Å². The van der Waals surface area contributed by atoms with Gasteiger partial charge in [-0.3, -0.25) is 0 Å². The number of thiocarbonyl (C=S) groups is 1. The van der Waals surface area contributed by atoms with E-state index in [2.05, 4.69) is 12.2 Å². The summed E-state index contributed by atoms with van der Waals surface area (Å²) in [6, 6.07) is 5.79. The van der Waals surface area contributed by atoms with Gasteiger partial charge in [-0.15, -0.1) is 0 Å². The third-order valence-electron chi connectivity index (χ3n) is 4.09. The molecule has 1 aliphatic rings. The first-order valence-electron chi connectivity index (χ1n) is 6.91. The molecular formula is C15H21ClN2S. The number of anilines is 1. The second-order valence-electron chi connectivity index (χ2n) is 5.46. The molecule has 0 amide bonds. The molecule has 1 aliphatic carbocycles. The first kappa shape index (κ1) is 14.6. The Kier molecular flexibility index (Phi) is 5.06. The van der Waals surface area contributed by atoms with Crippen LogP contribution in [0.2, 0.25) is 5.02 Å². The molecule has 0 aromatic heterocycles. The molecule has 2 rings (SSSR count). The summed E-state index contributed by atoms with van der Waals surface area (Å²) >= 11 is 11.1.